The summed E-state index contributed by atoms with van der Waals surface area (Å²) in [6, 6.07) is 13.0. The Bertz CT molecular complexity index is 920. The van der Waals surface area contributed by atoms with Gasteiger partial charge in [0, 0.05) is 17.0 Å². The summed E-state index contributed by atoms with van der Waals surface area (Å²) >= 11 is 5.94. The van der Waals surface area contributed by atoms with Gasteiger partial charge in [-0.05, 0) is 57.0 Å². The van der Waals surface area contributed by atoms with Crippen molar-refractivity contribution in [1.29, 1.82) is 0 Å². The molecule has 0 radical (unpaired) electrons. The van der Waals surface area contributed by atoms with Crippen molar-refractivity contribution in [3.63, 3.8) is 0 Å². The van der Waals surface area contributed by atoms with Gasteiger partial charge in [-0.25, -0.2) is 0 Å². The number of hydrogen-bond acceptors (Lipinski definition) is 3. The molecule has 3 nitrogen and oxygen atoms in total. The van der Waals surface area contributed by atoms with Crippen LogP contribution < -0.4 is 0 Å². The van der Waals surface area contributed by atoms with Gasteiger partial charge in [0.15, 0.2) is 11.2 Å². The van der Waals surface area contributed by atoms with Crippen molar-refractivity contribution in [2.45, 2.75) is 39.7 Å². The van der Waals surface area contributed by atoms with Crippen LogP contribution in [0.4, 0.5) is 0 Å². The minimum absolute atomic E-state index is 0.208. The second-order valence-electron chi connectivity index (χ2n) is 8.02. The Morgan fingerprint density at radius 3 is 2.44 bits per heavy atom. The van der Waals surface area contributed by atoms with Gasteiger partial charge in [-0.2, -0.15) is 0 Å². The van der Waals surface area contributed by atoms with Crippen LogP contribution in [-0.2, 0) is 16.0 Å². The fourth-order valence-electron chi connectivity index (χ4n) is 3.23. The smallest absolute Gasteiger partial charge is 0.324 e. The number of fused-ring (bicyclic) bond motifs is 1. The van der Waals surface area contributed by atoms with E-state index < -0.39 is 17.0 Å². The molecule has 0 amide bonds. The van der Waals surface area contributed by atoms with Crippen molar-refractivity contribution in [2.24, 2.45) is 5.41 Å². The minimum atomic E-state index is -1.34. The lowest BCUT2D eigenvalue weighted by molar-refractivity contribution is -0.161. The highest BCUT2D eigenvalue weighted by molar-refractivity contribution is 6.30. The van der Waals surface area contributed by atoms with Crippen molar-refractivity contribution in [1.82, 2.24) is 0 Å². The molecule has 2 aromatic carbocycles. The van der Waals surface area contributed by atoms with E-state index in [4.69, 9.17) is 16.3 Å². The molecule has 27 heavy (non-hydrogen) atoms. The number of esters is 1. The number of carbonyl (C=O) groups is 2. The van der Waals surface area contributed by atoms with Gasteiger partial charge in [-0.1, -0.05) is 53.6 Å². The van der Waals surface area contributed by atoms with Gasteiger partial charge in [0.2, 0.25) is 0 Å². The molecule has 3 rings (SSSR count). The summed E-state index contributed by atoms with van der Waals surface area (Å²) in [5.74, 6) is -0.722. The maximum Gasteiger partial charge on any atom is 0.324 e. The summed E-state index contributed by atoms with van der Waals surface area (Å²) in [6.07, 6.45) is 3.78. The second kappa shape index (κ2) is 6.97. The molecule has 0 aliphatic heterocycles. The molecule has 1 aliphatic carbocycles. The Labute approximate surface area is 165 Å². The molecule has 0 saturated heterocycles. The summed E-state index contributed by atoms with van der Waals surface area (Å²) in [4.78, 5) is 26.4. The minimum Gasteiger partial charge on any atom is -0.459 e. The van der Waals surface area contributed by atoms with E-state index >= 15 is 0 Å². The SMILES string of the molecule is Cc1ccc2c(c1)C(=O)[C@@](/C=C/c1ccc(Cl)cc1)(C(=O)OC(C)(C)C)C2. The van der Waals surface area contributed by atoms with Crippen molar-refractivity contribution in [3.8, 4) is 0 Å². The first-order chi connectivity index (χ1) is 12.6. The standard InChI is InChI=1S/C23H23ClO3/c1-15-5-8-17-14-23(20(25)19(17)13-15,21(26)27-22(2,3)4)12-11-16-6-9-18(24)10-7-16/h5-13H,14H2,1-4H3/b12-11+/t23-/m0/s1. The maximum atomic E-state index is 13.3. The highest BCUT2D eigenvalue weighted by atomic mass is 35.5. The number of rotatable bonds is 3. The average molecular weight is 383 g/mol. The highest BCUT2D eigenvalue weighted by Gasteiger charge is 2.51. The molecular formula is C23H23ClO3. The van der Waals surface area contributed by atoms with Gasteiger partial charge in [-0.3, -0.25) is 9.59 Å². The van der Waals surface area contributed by atoms with Crippen molar-refractivity contribution >= 4 is 29.4 Å². The van der Waals surface area contributed by atoms with Crippen LogP contribution in [-0.4, -0.2) is 17.4 Å². The zero-order valence-electron chi connectivity index (χ0n) is 16.0. The summed E-state index contributed by atoms with van der Waals surface area (Å²) < 4.78 is 5.63. The number of carbonyl (C=O) groups excluding carboxylic acids is 2. The number of aryl methyl sites for hydroxylation is 1. The maximum absolute atomic E-state index is 13.3. The van der Waals surface area contributed by atoms with Crippen molar-refractivity contribution < 1.29 is 14.3 Å². The van der Waals surface area contributed by atoms with E-state index in [1.54, 1.807) is 45.1 Å². The van der Waals surface area contributed by atoms with E-state index in [9.17, 15) is 9.59 Å². The fraction of sp³-hybridized carbons (Fsp3) is 0.304. The van der Waals surface area contributed by atoms with Crippen LogP contribution in [0.15, 0.2) is 48.5 Å². The lowest BCUT2D eigenvalue weighted by Gasteiger charge is -2.27. The molecule has 4 heteroatoms. The Morgan fingerprint density at radius 2 is 1.81 bits per heavy atom. The zero-order valence-corrected chi connectivity index (χ0v) is 16.8. The summed E-state index contributed by atoms with van der Waals surface area (Å²) in [5, 5.41) is 0.633. The molecule has 1 atom stereocenters. The Hall–Kier alpha value is -2.39. The van der Waals surface area contributed by atoms with Gasteiger partial charge < -0.3 is 4.74 Å². The van der Waals surface area contributed by atoms with E-state index in [-0.39, 0.29) is 5.78 Å². The summed E-state index contributed by atoms with van der Waals surface area (Å²) in [6.45, 7) is 7.35. The first kappa shape index (κ1) is 19.4. The topological polar surface area (TPSA) is 43.4 Å². The number of hydrogen-bond donors (Lipinski definition) is 0. The van der Waals surface area contributed by atoms with E-state index in [0.717, 1.165) is 16.7 Å². The van der Waals surface area contributed by atoms with Crippen molar-refractivity contribution in [3.05, 3.63) is 75.8 Å². The molecular weight excluding hydrogens is 360 g/mol. The van der Waals surface area contributed by atoms with Crippen LogP contribution in [0, 0.1) is 12.3 Å². The van der Waals surface area contributed by atoms with E-state index in [0.29, 0.717) is 17.0 Å². The Morgan fingerprint density at radius 1 is 1.15 bits per heavy atom. The van der Waals surface area contributed by atoms with Crippen LogP contribution >= 0.6 is 11.6 Å². The summed E-state index contributed by atoms with van der Waals surface area (Å²) in [7, 11) is 0. The number of benzene rings is 2. The molecule has 1 aliphatic rings. The lowest BCUT2D eigenvalue weighted by atomic mass is 9.82. The molecule has 0 spiro atoms. The zero-order chi connectivity index (χ0) is 19.8. The third-order valence-electron chi connectivity index (χ3n) is 4.58. The van der Waals surface area contributed by atoms with E-state index in [1.807, 2.05) is 37.3 Å². The molecule has 2 aromatic rings. The predicted octanol–water partition coefficient (Wildman–Crippen LogP) is 5.43. The van der Waals surface area contributed by atoms with Gasteiger partial charge in [0.25, 0.3) is 0 Å². The molecule has 0 saturated carbocycles. The summed E-state index contributed by atoms with van der Waals surface area (Å²) in [5.41, 5.74) is 1.30. The third kappa shape index (κ3) is 3.98. The number of ether oxygens (including phenoxy) is 1. The highest BCUT2D eigenvalue weighted by Crippen LogP contribution is 2.41. The van der Waals surface area contributed by atoms with Crippen LogP contribution in [0.1, 0.15) is 47.8 Å². The molecule has 0 heterocycles. The van der Waals surface area contributed by atoms with Crippen LogP contribution in [0.2, 0.25) is 5.02 Å². The molecule has 0 bridgehead atoms. The normalized spacial score (nSPS) is 19.4. The third-order valence-corrected chi connectivity index (χ3v) is 4.83. The molecule has 140 valence electrons. The molecule has 0 N–H and O–H groups in total. The van der Waals surface area contributed by atoms with Crippen molar-refractivity contribution in [2.75, 3.05) is 0 Å². The van der Waals surface area contributed by atoms with Crippen LogP contribution in [0.3, 0.4) is 0 Å². The second-order valence-corrected chi connectivity index (χ2v) is 8.46. The van der Waals surface area contributed by atoms with Gasteiger partial charge in [-0.15, -0.1) is 0 Å². The van der Waals surface area contributed by atoms with Gasteiger partial charge in [0.1, 0.15) is 5.60 Å². The fourth-order valence-corrected chi connectivity index (χ4v) is 3.35. The lowest BCUT2D eigenvalue weighted by Crippen LogP contribution is -2.40. The molecule has 0 aromatic heterocycles. The first-order valence-corrected chi connectivity index (χ1v) is 9.31. The Balaban J connectivity index is 2.04. The number of halogens is 1. The molecule has 0 unspecified atom stereocenters. The average Bonchev–Trinajstić information content (AvgIpc) is 2.86. The molecule has 0 fully saturated rings. The number of Topliss-reactive ketones (excluding diaryl/α,β-unsaturated/α-hetero) is 1. The first-order valence-electron chi connectivity index (χ1n) is 8.93. The van der Waals surface area contributed by atoms with Crippen LogP contribution in [0.5, 0.6) is 0 Å². The van der Waals surface area contributed by atoms with E-state index in [2.05, 4.69) is 0 Å². The van der Waals surface area contributed by atoms with Gasteiger partial charge >= 0.3 is 5.97 Å². The monoisotopic (exact) mass is 382 g/mol. The van der Waals surface area contributed by atoms with Gasteiger partial charge in [0.05, 0.1) is 0 Å². The largest absolute Gasteiger partial charge is 0.459 e. The quantitative estimate of drug-likeness (QED) is 0.525. The van der Waals surface area contributed by atoms with E-state index in [1.165, 1.54) is 0 Å². The number of ketones is 1. The predicted molar refractivity (Wildman–Crippen MR) is 108 cm³/mol. The Kier molecular flexibility index (Phi) is 5.00. The van der Waals surface area contributed by atoms with Crippen LogP contribution in [0.25, 0.3) is 6.08 Å².